The van der Waals surface area contributed by atoms with Gasteiger partial charge >= 0.3 is 21.1 Å². The van der Waals surface area contributed by atoms with Gasteiger partial charge in [-0.2, -0.15) is 6.92 Å². The zero-order chi connectivity index (χ0) is 4.28. The Kier molecular flexibility index (Phi) is 8.74. The maximum absolute atomic E-state index is 2.94. The van der Waals surface area contributed by atoms with Gasteiger partial charge in [0, 0.05) is 0 Å². The summed E-state index contributed by atoms with van der Waals surface area (Å²) in [6.07, 6.45) is 2.94. The van der Waals surface area contributed by atoms with Crippen molar-refractivity contribution in [3.05, 3.63) is 11.6 Å². The first-order chi connectivity index (χ1) is 2.27. The Bertz CT molecular complexity index is 41.9. The van der Waals surface area contributed by atoms with E-state index in [1.165, 1.54) is 5.57 Å². The van der Waals surface area contributed by atoms with E-state index in [-0.39, 0.29) is 21.1 Å². The molecule has 0 fully saturated rings. The number of hydrogen-bond acceptors (Lipinski definition) is 0. The van der Waals surface area contributed by atoms with Gasteiger partial charge in [0.15, 0.2) is 0 Å². The molecule has 0 nitrogen and oxygen atoms in total. The van der Waals surface area contributed by atoms with Crippen LogP contribution in [-0.2, 0) is 21.1 Å². The monoisotopic (exact) mass is 253 g/mol. The normalized spacial score (nSPS) is 5.83. The minimum Gasteiger partial charge on any atom is -0.501 e. The molecule has 0 bridgehead atoms. The van der Waals surface area contributed by atoms with Crippen LogP contribution in [0.15, 0.2) is 5.57 Å². The molecule has 1 heteroatoms. The smallest absolute Gasteiger partial charge is 0.501 e. The summed E-state index contributed by atoms with van der Waals surface area (Å²) in [5, 5.41) is 0. The molecule has 0 aliphatic carbocycles. The van der Waals surface area contributed by atoms with Gasteiger partial charge in [-0.05, 0) is 0 Å². The van der Waals surface area contributed by atoms with Crippen molar-refractivity contribution < 1.29 is 21.1 Å². The van der Waals surface area contributed by atoms with Crippen LogP contribution in [0.5, 0.6) is 0 Å². The molecular weight excluding hydrogens is 244 g/mol. The van der Waals surface area contributed by atoms with Crippen LogP contribution < -0.4 is 0 Å². The van der Waals surface area contributed by atoms with Crippen molar-refractivity contribution in [2.24, 2.45) is 0 Å². The summed E-state index contributed by atoms with van der Waals surface area (Å²) >= 11 is 0. The van der Waals surface area contributed by atoms with Gasteiger partial charge in [-0.3, -0.25) is 5.57 Å². The predicted octanol–water partition coefficient (Wildman–Crippen LogP) is 1.77. The van der Waals surface area contributed by atoms with Crippen molar-refractivity contribution in [2.45, 2.75) is 20.8 Å². The van der Waals surface area contributed by atoms with Gasteiger partial charge in [-0.1, -0.05) is 13.8 Å². The van der Waals surface area contributed by atoms with Gasteiger partial charge in [-0.15, -0.1) is 0 Å². The molecule has 0 aromatic rings. The van der Waals surface area contributed by atoms with E-state index in [0.29, 0.717) is 0 Å². The summed E-state index contributed by atoms with van der Waals surface area (Å²) in [5.74, 6) is 0. The van der Waals surface area contributed by atoms with Crippen LogP contribution in [0.2, 0.25) is 0 Å². The fraction of sp³-hybridized carbons (Fsp3) is 0.600. The van der Waals surface area contributed by atoms with Gasteiger partial charge in [0.25, 0.3) is 0 Å². The molecule has 0 aromatic heterocycles. The summed E-state index contributed by atoms with van der Waals surface area (Å²) in [5.41, 5.74) is 1.25. The second-order valence-corrected chi connectivity index (χ2v) is 1.25. The van der Waals surface area contributed by atoms with Crippen molar-refractivity contribution in [2.75, 3.05) is 0 Å². The molecule has 0 aromatic carbocycles. The Morgan fingerprint density at radius 2 is 1.50 bits per heavy atom. The molecule has 0 rings (SSSR count). The third-order valence-electron chi connectivity index (χ3n) is 0.500. The van der Waals surface area contributed by atoms with Crippen LogP contribution in [-0.4, -0.2) is 0 Å². The van der Waals surface area contributed by atoms with Gasteiger partial charge < -0.3 is 6.08 Å². The van der Waals surface area contributed by atoms with Crippen molar-refractivity contribution in [3.8, 4) is 0 Å². The van der Waals surface area contributed by atoms with Crippen molar-refractivity contribution in [1.29, 1.82) is 0 Å². The van der Waals surface area contributed by atoms with E-state index in [0.717, 1.165) is 0 Å². The fourth-order valence-electron chi connectivity index (χ4n) is 0. The fourth-order valence-corrected chi connectivity index (χ4v) is 0. The van der Waals surface area contributed by atoms with Crippen LogP contribution in [0, 0.1) is 6.08 Å². The van der Waals surface area contributed by atoms with E-state index in [9.17, 15) is 0 Å². The van der Waals surface area contributed by atoms with E-state index in [2.05, 4.69) is 6.08 Å². The first-order valence-electron chi connectivity index (χ1n) is 1.75. The zero-order valence-electron chi connectivity index (χ0n) is 4.41. The topological polar surface area (TPSA) is 0 Å². The molecular formula is C5H9W+. The third kappa shape index (κ3) is 8.83. The molecule has 0 saturated carbocycles. The van der Waals surface area contributed by atoms with Gasteiger partial charge in [0.05, 0.1) is 0 Å². The first kappa shape index (κ1) is 9.66. The summed E-state index contributed by atoms with van der Waals surface area (Å²) in [6, 6.07) is 0. The summed E-state index contributed by atoms with van der Waals surface area (Å²) in [6.45, 7) is 5.97. The zero-order valence-corrected chi connectivity index (χ0v) is 7.34. The summed E-state index contributed by atoms with van der Waals surface area (Å²) in [7, 11) is 0. The minimum atomic E-state index is 0. The van der Waals surface area contributed by atoms with E-state index < -0.39 is 0 Å². The molecule has 0 aliphatic heterocycles. The van der Waals surface area contributed by atoms with E-state index in [4.69, 9.17) is 0 Å². The van der Waals surface area contributed by atoms with E-state index in [1.54, 1.807) is 0 Å². The van der Waals surface area contributed by atoms with Crippen LogP contribution in [0.25, 0.3) is 0 Å². The maximum Gasteiger partial charge on any atom is 2.00 e. The molecule has 0 unspecified atom stereocenters. The SMILES string of the molecule is C[C-]=C(C)C.[W+2]. The van der Waals surface area contributed by atoms with Crippen LogP contribution >= 0.6 is 0 Å². The number of hydrogen-bond donors (Lipinski definition) is 0. The summed E-state index contributed by atoms with van der Waals surface area (Å²) in [4.78, 5) is 0. The second kappa shape index (κ2) is 5.43. The quantitative estimate of drug-likeness (QED) is 0.577. The van der Waals surface area contributed by atoms with Gasteiger partial charge in [-0.25, -0.2) is 0 Å². The van der Waals surface area contributed by atoms with Crippen molar-refractivity contribution >= 4 is 0 Å². The predicted molar refractivity (Wildman–Crippen MR) is 23.8 cm³/mol. The molecule has 0 saturated heterocycles. The number of allylic oxidation sites excluding steroid dienone is 2. The third-order valence-corrected chi connectivity index (χ3v) is 0.500. The van der Waals surface area contributed by atoms with Crippen LogP contribution in [0.1, 0.15) is 20.8 Å². The first-order valence-corrected chi connectivity index (χ1v) is 1.75. The largest absolute Gasteiger partial charge is 2.00 e. The van der Waals surface area contributed by atoms with Gasteiger partial charge in [0.2, 0.25) is 0 Å². The second-order valence-electron chi connectivity index (χ2n) is 1.25. The molecule has 34 valence electrons. The maximum atomic E-state index is 2.94. The van der Waals surface area contributed by atoms with E-state index >= 15 is 0 Å². The van der Waals surface area contributed by atoms with Crippen molar-refractivity contribution in [3.63, 3.8) is 0 Å². The van der Waals surface area contributed by atoms with Gasteiger partial charge in [0.1, 0.15) is 0 Å². The Hall–Kier alpha value is 0.428. The molecule has 0 heterocycles. The average Bonchev–Trinajstić information content (AvgIpc) is 1.38. The molecule has 0 N–H and O–H groups in total. The van der Waals surface area contributed by atoms with Crippen LogP contribution in [0.4, 0.5) is 0 Å². The van der Waals surface area contributed by atoms with E-state index in [1.807, 2.05) is 20.8 Å². The van der Waals surface area contributed by atoms with Crippen molar-refractivity contribution in [1.82, 2.24) is 0 Å². The molecule has 0 radical (unpaired) electrons. The molecule has 0 spiro atoms. The Labute approximate surface area is 53.9 Å². The Morgan fingerprint density at radius 1 is 1.33 bits per heavy atom. The number of rotatable bonds is 0. The Morgan fingerprint density at radius 3 is 1.50 bits per heavy atom. The minimum absolute atomic E-state index is 0. The molecule has 6 heavy (non-hydrogen) atoms. The standard InChI is InChI=1S/C5H9.W/c1-4-5(2)3;/h1-3H3;/q-1;+2. The van der Waals surface area contributed by atoms with Crippen LogP contribution in [0.3, 0.4) is 0 Å². The summed E-state index contributed by atoms with van der Waals surface area (Å²) < 4.78 is 0. The molecule has 0 amide bonds. The molecule has 0 aliphatic rings. The average molecular weight is 253 g/mol. The Balaban J connectivity index is 0. The molecule has 0 atom stereocenters.